The van der Waals surface area contributed by atoms with Crippen molar-refractivity contribution in [3.63, 3.8) is 0 Å². The van der Waals surface area contributed by atoms with Crippen molar-refractivity contribution < 1.29 is 14.6 Å². The molecule has 2 aromatic rings. The van der Waals surface area contributed by atoms with E-state index < -0.39 is 5.97 Å². The number of ether oxygens (including phenoxy) is 1. The fraction of sp³-hybridized carbons (Fsp3) is 0.333. The highest BCUT2D eigenvalue weighted by Crippen LogP contribution is 2.25. The normalized spacial score (nSPS) is 12.8. The molecule has 2 aromatic heterocycles. The Balaban J connectivity index is 2.64. The Labute approximate surface area is 98.6 Å². The van der Waals surface area contributed by atoms with Crippen LogP contribution in [0.1, 0.15) is 35.9 Å². The van der Waals surface area contributed by atoms with Gasteiger partial charge in [0, 0.05) is 18.4 Å². The average Bonchev–Trinajstić information content (AvgIpc) is 2.75. The summed E-state index contributed by atoms with van der Waals surface area (Å²) < 4.78 is 7.14. The third-order valence-corrected chi connectivity index (χ3v) is 2.66. The van der Waals surface area contributed by atoms with Crippen LogP contribution in [0.3, 0.4) is 0 Å². The number of hydrogen-bond acceptors (Lipinski definition) is 3. The highest BCUT2D eigenvalue weighted by atomic mass is 16.5. The van der Waals surface area contributed by atoms with E-state index in [4.69, 9.17) is 4.74 Å². The maximum Gasteiger partial charge on any atom is 0.337 e. The summed E-state index contributed by atoms with van der Waals surface area (Å²) in [4.78, 5) is 11.2. The van der Waals surface area contributed by atoms with Crippen molar-refractivity contribution in [1.82, 2.24) is 9.61 Å². The molecular weight excluding hydrogens is 220 g/mol. The molecule has 2 heterocycles. The Bertz CT molecular complexity index is 548. The molecule has 0 amide bonds. The first-order valence-electron chi connectivity index (χ1n) is 5.46. The Morgan fingerprint density at radius 2 is 2.41 bits per heavy atom. The van der Waals surface area contributed by atoms with Crippen molar-refractivity contribution >= 4 is 11.5 Å². The molecule has 1 unspecified atom stereocenters. The van der Waals surface area contributed by atoms with Crippen molar-refractivity contribution in [2.75, 3.05) is 6.61 Å². The lowest BCUT2D eigenvalue weighted by Gasteiger charge is -2.15. The van der Waals surface area contributed by atoms with Crippen LogP contribution >= 0.6 is 0 Å². The minimum atomic E-state index is -0.984. The molecule has 1 N–H and O–H groups in total. The molecule has 1 atom stereocenters. The topological polar surface area (TPSA) is 63.8 Å². The first kappa shape index (κ1) is 11.6. The van der Waals surface area contributed by atoms with Gasteiger partial charge in [-0.3, -0.25) is 0 Å². The minimum Gasteiger partial charge on any atom is -0.478 e. The Hall–Kier alpha value is -1.88. The molecule has 0 spiro atoms. The zero-order valence-electron chi connectivity index (χ0n) is 9.75. The average molecular weight is 234 g/mol. The number of fused-ring (bicyclic) bond motifs is 1. The number of carbonyl (C=O) groups is 1. The largest absolute Gasteiger partial charge is 0.478 e. The summed E-state index contributed by atoms with van der Waals surface area (Å²) in [6.07, 6.45) is 2.87. The van der Waals surface area contributed by atoms with Crippen LogP contribution in [0, 0.1) is 0 Å². The lowest BCUT2D eigenvalue weighted by Crippen LogP contribution is -2.11. The predicted octanol–water partition coefficient (Wildman–Crippen LogP) is 2.13. The van der Waals surface area contributed by atoms with Crippen molar-refractivity contribution in [1.29, 1.82) is 0 Å². The van der Waals surface area contributed by atoms with Gasteiger partial charge in [-0.15, -0.1) is 0 Å². The van der Waals surface area contributed by atoms with Crippen LogP contribution in [-0.4, -0.2) is 27.3 Å². The first-order chi connectivity index (χ1) is 8.15. The van der Waals surface area contributed by atoms with E-state index in [-0.39, 0.29) is 11.7 Å². The number of hydrogen-bond donors (Lipinski definition) is 1. The maximum absolute atomic E-state index is 11.2. The third-order valence-electron chi connectivity index (χ3n) is 2.66. The molecule has 0 aliphatic rings. The van der Waals surface area contributed by atoms with Crippen molar-refractivity contribution in [3.05, 3.63) is 35.7 Å². The zero-order valence-corrected chi connectivity index (χ0v) is 9.75. The van der Waals surface area contributed by atoms with Gasteiger partial charge in [0.1, 0.15) is 0 Å². The van der Waals surface area contributed by atoms with E-state index in [1.165, 1.54) is 6.20 Å². The number of carboxylic acid groups (broad SMARTS) is 1. The van der Waals surface area contributed by atoms with E-state index >= 15 is 0 Å². The summed E-state index contributed by atoms with van der Waals surface area (Å²) in [6.45, 7) is 4.27. The number of rotatable bonds is 4. The Morgan fingerprint density at radius 1 is 1.65 bits per heavy atom. The van der Waals surface area contributed by atoms with E-state index in [0.717, 1.165) is 5.52 Å². The molecule has 2 rings (SSSR count). The van der Waals surface area contributed by atoms with Gasteiger partial charge < -0.3 is 9.84 Å². The second kappa shape index (κ2) is 4.55. The van der Waals surface area contributed by atoms with Crippen LogP contribution < -0.4 is 0 Å². The molecule has 0 saturated carbocycles. The first-order valence-corrected chi connectivity index (χ1v) is 5.46. The second-order valence-electron chi connectivity index (χ2n) is 3.71. The summed E-state index contributed by atoms with van der Waals surface area (Å²) >= 11 is 0. The number of aromatic carboxylic acids is 1. The second-order valence-corrected chi connectivity index (χ2v) is 3.71. The van der Waals surface area contributed by atoms with E-state index in [0.29, 0.717) is 12.2 Å². The number of nitrogens with zero attached hydrogens (tertiary/aromatic N) is 2. The van der Waals surface area contributed by atoms with E-state index in [1.807, 2.05) is 26.0 Å². The summed E-state index contributed by atoms with van der Waals surface area (Å²) in [6, 6.07) is 3.67. The molecular formula is C12H14N2O3. The third kappa shape index (κ3) is 2.01. The molecule has 0 fully saturated rings. The molecule has 5 nitrogen and oxygen atoms in total. The molecule has 0 aliphatic carbocycles. The van der Waals surface area contributed by atoms with Crippen molar-refractivity contribution in [2.45, 2.75) is 20.0 Å². The van der Waals surface area contributed by atoms with Gasteiger partial charge in [-0.25, -0.2) is 9.31 Å². The monoisotopic (exact) mass is 234 g/mol. The minimum absolute atomic E-state index is 0.192. The van der Waals surface area contributed by atoms with Gasteiger partial charge >= 0.3 is 5.97 Å². The molecule has 5 heteroatoms. The standard InChI is InChI=1S/C12H14N2O3/c1-3-17-8(2)11-9(12(15)16)7-13-14-6-4-5-10(11)14/h4-8H,3H2,1-2H3,(H,15,16). The van der Waals surface area contributed by atoms with Crippen LogP contribution in [-0.2, 0) is 4.74 Å². The quantitative estimate of drug-likeness (QED) is 0.880. The number of aromatic nitrogens is 2. The summed E-state index contributed by atoms with van der Waals surface area (Å²) in [5.74, 6) is -0.984. The van der Waals surface area contributed by atoms with Gasteiger partial charge in [0.2, 0.25) is 0 Å². The van der Waals surface area contributed by atoms with Crippen LogP contribution in [0.5, 0.6) is 0 Å². The highest BCUT2D eigenvalue weighted by Gasteiger charge is 2.19. The number of carboxylic acids is 1. The Morgan fingerprint density at radius 3 is 3.06 bits per heavy atom. The van der Waals surface area contributed by atoms with E-state index in [9.17, 15) is 9.90 Å². The van der Waals surface area contributed by atoms with Gasteiger partial charge in [0.15, 0.2) is 0 Å². The van der Waals surface area contributed by atoms with Gasteiger partial charge in [-0.1, -0.05) is 0 Å². The Kier molecular flexibility index (Phi) is 3.10. The molecule has 90 valence electrons. The predicted molar refractivity (Wildman–Crippen MR) is 62.2 cm³/mol. The summed E-state index contributed by atoms with van der Waals surface area (Å²) in [5, 5.41) is 13.2. The van der Waals surface area contributed by atoms with Gasteiger partial charge in [0.05, 0.1) is 23.4 Å². The fourth-order valence-corrected chi connectivity index (χ4v) is 1.94. The molecule has 17 heavy (non-hydrogen) atoms. The summed E-state index contributed by atoms with van der Waals surface area (Å²) in [7, 11) is 0. The molecule has 0 radical (unpaired) electrons. The summed E-state index contributed by atoms with van der Waals surface area (Å²) in [5.41, 5.74) is 1.63. The SMILES string of the molecule is CCOC(C)c1c(C(=O)O)cnn2cccc12. The van der Waals surface area contributed by atoms with Crippen LogP contribution in [0.15, 0.2) is 24.5 Å². The molecule has 0 aliphatic heterocycles. The molecule has 0 aromatic carbocycles. The zero-order chi connectivity index (χ0) is 12.4. The van der Waals surface area contributed by atoms with Gasteiger partial charge in [0.25, 0.3) is 0 Å². The van der Waals surface area contributed by atoms with E-state index in [1.54, 1.807) is 10.7 Å². The maximum atomic E-state index is 11.2. The van der Waals surface area contributed by atoms with Crippen LogP contribution in [0.4, 0.5) is 0 Å². The lowest BCUT2D eigenvalue weighted by atomic mass is 10.1. The molecule has 0 bridgehead atoms. The van der Waals surface area contributed by atoms with E-state index in [2.05, 4.69) is 5.10 Å². The van der Waals surface area contributed by atoms with Crippen molar-refractivity contribution in [3.8, 4) is 0 Å². The van der Waals surface area contributed by atoms with Gasteiger partial charge in [-0.05, 0) is 26.0 Å². The lowest BCUT2D eigenvalue weighted by molar-refractivity contribution is 0.0645. The highest BCUT2D eigenvalue weighted by molar-refractivity contribution is 5.91. The molecule has 0 saturated heterocycles. The fourth-order valence-electron chi connectivity index (χ4n) is 1.94. The van der Waals surface area contributed by atoms with Crippen LogP contribution in [0.25, 0.3) is 5.52 Å². The van der Waals surface area contributed by atoms with Crippen molar-refractivity contribution in [2.24, 2.45) is 0 Å². The van der Waals surface area contributed by atoms with Gasteiger partial charge in [-0.2, -0.15) is 5.10 Å². The smallest absolute Gasteiger partial charge is 0.337 e. The van der Waals surface area contributed by atoms with Crippen LogP contribution in [0.2, 0.25) is 0 Å².